The number of hydrogen-bond donors (Lipinski definition) is 1. The van der Waals surface area contributed by atoms with Crippen molar-refractivity contribution in [2.24, 2.45) is 0 Å². The van der Waals surface area contributed by atoms with Gasteiger partial charge in [0, 0.05) is 20.2 Å². The zero-order valence-corrected chi connectivity index (χ0v) is 15.5. The molecular weight excluding hydrogens is 360 g/mol. The van der Waals surface area contributed by atoms with Gasteiger partial charge in [-0.3, -0.25) is 4.79 Å². The summed E-state index contributed by atoms with van der Waals surface area (Å²) in [5, 5.41) is 4.49. The molecule has 0 spiro atoms. The van der Waals surface area contributed by atoms with Crippen LogP contribution in [-0.2, 0) is 32.5 Å². The topological polar surface area (TPSA) is 75.7 Å². The van der Waals surface area contributed by atoms with Gasteiger partial charge in [0.1, 0.15) is 10.3 Å². The molecule has 6 nitrogen and oxygen atoms in total. The van der Waals surface area contributed by atoms with Crippen molar-refractivity contribution in [2.75, 3.05) is 20.3 Å². The van der Waals surface area contributed by atoms with Gasteiger partial charge in [0.25, 0.3) is 10.0 Å². The number of nitrogens with zero attached hydrogens (tertiary/aromatic N) is 1. The second-order valence-electron chi connectivity index (χ2n) is 5.75. The number of sulfonamides is 1. The fourth-order valence-electron chi connectivity index (χ4n) is 2.89. The van der Waals surface area contributed by atoms with Crippen LogP contribution in [0.2, 0.25) is 0 Å². The van der Waals surface area contributed by atoms with Crippen LogP contribution in [0.5, 0.6) is 0 Å². The molecule has 0 saturated heterocycles. The Bertz CT molecular complexity index is 834. The van der Waals surface area contributed by atoms with Crippen molar-refractivity contribution < 1.29 is 17.9 Å². The smallest absolute Gasteiger partial charge is 0.253 e. The van der Waals surface area contributed by atoms with Gasteiger partial charge in [0.2, 0.25) is 5.91 Å². The number of amides is 1. The number of methoxy groups -OCH3 is 1. The quantitative estimate of drug-likeness (QED) is 0.773. The molecule has 1 amide bonds. The van der Waals surface area contributed by atoms with E-state index in [0.717, 1.165) is 22.5 Å². The molecule has 8 heteroatoms. The molecule has 0 aliphatic carbocycles. The highest BCUT2D eigenvalue weighted by Crippen LogP contribution is 2.30. The predicted molar refractivity (Wildman–Crippen MR) is 95.9 cm³/mol. The Balaban J connectivity index is 1.93. The number of thiophene rings is 1. The minimum Gasteiger partial charge on any atom is -0.383 e. The van der Waals surface area contributed by atoms with Crippen molar-refractivity contribution in [2.45, 2.75) is 23.2 Å². The van der Waals surface area contributed by atoms with Crippen LogP contribution in [0.15, 0.2) is 46.0 Å². The van der Waals surface area contributed by atoms with Gasteiger partial charge in [-0.25, -0.2) is 8.42 Å². The Morgan fingerprint density at radius 3 is 2.72 bits per heavy atom. The molecule has 1 unspecified atom stereocenters. The number of benzene rings is 1. The maximum Gasteiger partial charge on any atom is 0.253 e. The van der Waals surface area contributed by atoms with Gasteiger partial charge in [0.15, 0.2) is 0 Å². The van der Waals surface area contributed by atoms with E-state index in [1.54, 1.807) is 24.6 Å². The average molecular weight is 380 g/mol. The third-order valence-electron chi connectivity index (χ3n) is 4.17. The molecule has 0 fully saturated rings. The van der Waals surface area contributed by atoms with Crippen LogP contribution in [0.25, 0.3) is 0 Å². The summed E-state index contributed by atoms with van der Waals surface area (Å²) in [5.74, 6) is -0.299. The summed E-state index contributed by atoms with van der Waals surface area (Å²) in [7, 11) is -2.17. The van der Waals surface area contributed by atoms with Crippen LogP contribution in [0.1, 0.15) is 11.1 Å². The number of rotatable bonds is 6. The molecule has 2 heterocycles. The maximum atomic E-state index is 13.0. The highest BCUT2D eigenvalue weighted by molar-refractivity contribution is 7.91. The Morgan fingerprint density at radius 1 is 1.28 bits per heavy atom. The van der Waals surface area contributed by atoms with E-state index in [2.05, 4.69) is 5.32 Å². The number of fused-ring (bicyclic) bond motifs is 1. The molecule has 0 radical (unpaired) electrons. The molecule has 1 aromatic carbocycles. The molecule has 1 aromatic heterocycles. The van der Waals surface area contributed by atoms with Crippen LogP contribution in [-0.4, -0.2) is 44.9 Å². The lowest BCUT2D eigenvalue weighted by atomic mass is 9.95. The molecule has 3 rings (SSSR count). The fourth-order valence-corrected chi connectivity index (χ4v) is 5.58. The molecule has 0 bridgehead atoms. The SMILES string of the molecule is COCCNC(=O)C1Cc2ccccc2CN1S(=O)(=O)c1cccs1. The van der Waals surface area contributed by atoms with E-state index in [4.69, 9.17) is 4.74 Å². The summed E-state index contributed by atoms with van der Waals surface area (Å²) in [4.78, 5) is 12.6. The molecular formula is C17H20N2O4S2. The maximum absolute atomic E-state index is 13.0. The highest BCUT2D eigenvalue weighted by atomic mass is 32.2. The van der Waals surface area contributed by atoms with Crippen LogP contribution in [0.4, 0.5) is 0 Å². The first-order valence-corrected chi connectivity index (χ1v) is 10.2. The molecule has 2 aromatic rings. The first-order valence-electron chi connectivity index (χ1n) is 7.93. The van der Waals surface area contributed by atoms with Crippen molar-refractivity contribution >= 4 is 27.3 Å². The summed E-state index contributed by atoms with van der Waals surface area (Å²) < 4.78 is 32.6. The summed E-state index contributed by atoms with van der Waals surface area (Å²) in [6.07, 6.45) is 0.361. The van der Waals surface area contributed by atoms with E-state index in [-0.39, 0.29) is 16.7 Å². The molecule has 25 heavy (non-hydrogen) atoms. The second kappa shape index (κ2) is 7.65. The predicted octanol–water partition coefficient (Wildman–Crippen LogP) is 1.63. The van der Waals surface area contributed by atoms with E-state index < -0.39 is 16.1 Å². The van der Waals surface area contributed by atoms with Gasteiger partial charge in [-0.05, 0) is 29.0 Å². The van der Waals surface area contributed by atoms with Crippen LogP contribution in [0, 0.1) is 0 Å². The molecule has 134 valence electrons. The summed E-state index contributed by atoms with van der Waals surface area (Å²) >= 11 is 1.16. The monoisotopic (exact) mass is 380 g/mol. The van der Waals surface area contributed by atoms with E-state index >= 15 is 0 Å². The number of ether oxygens (including phenoxy) is 1. The molecule has 1 atom stereocenters. The van der Waals surface area contributed by atoms with E-state index in [0.29, 0.717) is 19.6 Å². The first-order chi connectivity index (χ1) is 12.0. The van der Waals surface area contributed by atoms with Crippen molar-refractivity contribution in [3.8, 4) is 0 Å². The van der Waals surface area contributed by atoms with E-state index in [1.165, 1.54) is 4.31 Å². The van der Waals surface area contributed by atoms with Gasteiger partial charge in [0.05, 0.1) is 6.61 Å². The van der Waals surface area contributed by atoms with Crippen molar-refractivity contribution in [3.05, 3.63) is 52.9 Å². The standard InChI is InChI=1S/C17H20N2O4S2/c1-23-9-8-18-17(20)15-11-13-5-2-3-6-14(13)12-19(15)25(21,22)16-7-4-10-24-16/h2-7,10,15H,8-9,11-12H2,1H3,(H,18,20). The Hall–Kier alpha value is -1.74. The zero-order chi connectivity index (χ0) is 17.9. The van der Waals surface area contributed by atoms with Gasteiger partial charge in [-0.2, -0.15) is 4.31 Å². The molecule has 1 aliphatic rings. The summed E-state index contributed by atoms with van der Waals surface area (Å²) in [6.45, 7) is 0.922. The largest absolute Gasteiger partial charge is 0.383 e. The van der Waals surface area contributed by atoms with E-state index in [9.17, 15) is 13.2 Å². The van der Waals surface area contributed by atoms with Crippen LogP contribution in [0.3, 0.4) is 0 Å². The van der Waals surface area contributed by atoms with Gasteiger partial charge >= 0.3 is 0 Å². The zero-order valence-electron chi connectivity index (χ0n) is 13.8. The van der Waals surface area contributed by atoms with Crippen molar-refractivity contribution in [1.29, 1.82) is 0 Å². The fraction of sp³-hybridized carbons (Fsp3) is 0.353. The van der Waals surface area contributed by atoms with Crippen molar-refractivity contribution in [3.63, 3.8) is 0 Å². The minimum atomic E-state index is -3.73. The first kappa shape index (κ1) is 18.1. The number of nitrogens with one attached hydrogen (secondary N) is 1. The third kappa shape index (κ3) is 3.77. The average Bonchev–Trinajstić information content (AvgIpc) is 3.16. The van der Waals surface area contributed by atoms with Crippen molar-refractivity contribution in [1.82, 2.24) is 9.62 Å². The lowest BCUT2D eigenvalue weighted by molar-refractivity contribution is -0.125. The normalized spacial score (nSPS) is 17.9. The lowest BCUT2D eigenvalue weighted by Crippen LogP contribution is -2.52. The highest BCUT2D eigenvalue weighted by Gasteiger charge is 2.39. The third-order valence-corrected chi connectivity index (χ3v) is 7.40. The Kier molecular flexibility index (Phi) is 5.53. The van der Waals surface area contributed by atoms with Crippen LogP contribution < -0.4 is 5.32 Å². The minimum absolute atomic E-state index is 0.193. The number of carbonyl (C=O) groups excluding carboxylic acids is 1. The number of hydrogen-bond acceptors (Lipinski definition) is 5. The molecule has 1 aliphatic heterocycles. The number of carbonyl (C=O) groups is 1. The van der Waals surface area contributed by atoms with Gasteiger partial charge in [-0.15, -0.1) is 11.3 Å². The molecule has 1 N–H and O–H groups in total. The van der Waals surface area contributed by atoms with Crippen LogP contribution >= 0.6 is 11.3 Å². The summed E-state index contributed by atoms with van der Waals surface area (Å²) in [5.41, 5.74) is 1.94. The Labute approximate surface area is 151 Å². The van der Waals surface area contributed by atoms with Gasteiger partial charge < -0.3 is 10.1 Å². The molecule has 0 saturated carbocycles. The van der Waals surface area contributed by atoms with Gasteiger partial charge in [-0.1, -0.05) is 30.3 Å². The van der Waals surface area contributed by atoms with E-state index in [1.807, 2.05) is 24.3 Å². The summed E-state index contributed by atoms with van der Waals surface area (Å²) in [6, 6.07) is 10.1. The Morgan fingerprint density at radius 2 is 2.04 bits per heavy atom. The lowest BCUT2D eigenvalue weighted by Gasteiger charge is -2.34. The second-order valence-corrected chi connectivity index (χ2v) is 8.82.